The summed E-state index contributed by atoms with van der Waals surface area (Å²) in [5.41, 5.74) is 5.40. The zero-order valence-corrected chi connectivity index (χ0v) is 8.15. The highest BCUT2D eigenvalue weighted by Gasteiger charge is 2.01. The van der Waals surface area contributed by atoms with E-state index in [4.69, 9.17) is 5.73 Å². The second-order valence-corrected chi connectivity index (χ2v) is 3.23. The smallest absolute Gasteiger partial charge is 0.239 e. The highest BCUT2D eigenvalue weighted by Crippen LogP contribution is 2.16. The summed E-state index contributed by atoms with van der Waals surface area (Å²) in [6.45, 7) is 2.78. The van der Waals surface area contributed by atoms with Gasteiger partial charge in [0.2, 0.25) is 5.91 Å². The lowest BCUT2D eigenvalue weighted by Gasteiger charge is -2.02. The molecule has 0 unspecified atom stereocenters. The Morgan fingerprint density at radius 3 is 3.08 bits per heavy atom. The molecule has 0 aromatic carbocycles. The lowest BCUT2D eigenvalue weighted by atomic mass is 10.5. The van der Waals surface area contributed by atoms with E-state index in [2.05, 4.69) is 15.0 Å². The van der Waals surface area contributed by atoms with Gasteiger partial charge in [0.1, 0.15) is 10.8 Å². The van der Waals surface area contributed by atoms with Gasteiger partial charge in [0.15, 0.2) is 0 Å². The second-order valence-electron chi connectivity index (χ2n) is 2.42. The second kappa shape index (κ2) is 4.66. The van der Waals surface area contributed by atoms with Crippen molar-refractivity contribution in [2.45, 2.75) is 6.92 Å². The van der Waals surface area contributed by atoms with Crippen LogP contribution in [0.5, 0.6) is 0 Å². The number of aromatic nitrogens is 1. The van der Waals surface area contributed by atoms with Crippen LogP contribution in [0.25, 0.3) is 0 Å². The van der Waals surface area contributed by atoms with Crippen LogP contribution in [0.3, 0.4) is 0 Å². The maximum Gasteiger partial charge on any atom is 0.239 e. The summed E-state index contributed by atoms with van der Waals surface area (Å²) >= 11 is 1.24. The van der Waals surface area contributed by atoms with Gasteiger partial charge in [-0.3, -0.25) is 4.79 Å². The van der Waals surface area contributed by atoms with E-state index >= 15 is 0 Å². The Balaban J connectivity index is 2.30. The summed E-state index contributed by atoms with van der Waals surface area (Å²) < 4.78 is 3.87. The number of carbonyl (C=O) groups is 1. The molecule has 0 aliphatic rings. The lowest BCUT2D eigenvalue weighted by molar-refractivity contribution is -0.119. The van der Waals surface area contributed by atoms with Crippen molar-refractivity contribution < 1.29 is 4.79 Å². The number of rotatable bonds is 4. The minimum Gasteiger partial charge on any atom is -0.383 e. The van der Waals surface area contributed by atoms with Crippen molar-refractivity contribution >= 4 is 28.3 Å². The minimum atomic E-state index is -0.0329. The molecular weight excluding hydrogens is 188 g/mol. The molecule has 1 heterocycles. The van der Waals surface area contributed by atoms with Crippen molar-refractivity contribution in [1.82, 2.24) is 9.69 Å². The largest absolute Gasteiger partial charge is 0.383 e. The first-order chi connectivity index (χ1) is 6.22. The minimum absolute atomic E-state index is 0.0329. The Labute approximate surface area is 80.5 Å². The van der Waals surface area contributed by atoms with Crippen LogP contribution < -0.4 is 16.4 Å². The average molecular weight is 200 g/mol. The predicted molar refractivity (Wildman–Crippen MR) is 53.7 cm³/mol. The molecule has 72 valence electrons. The maximum absolute atomic E-state index is 11.0. The molecule has 0 radical (unpaired) electrons. The van der Waals surface area contributed by atoms with Gasteiger partial charge in [-0.1, -0.05) is 0 Å². The number of amides is 1. The molecule has 0 atom stereocenters. The van der Waals surface area contributed by atoms with E-state index in [1.807, 2.05) is 6.92 Å². The molecule has 1 aromatic heterocycles. The molecule has 5 nitrogen and oxygen atoms in total. The topological polar surface area (TPSA) is 80.0 Å². The zero-order valence-electron chi connectivity index (χ0n) is 7.33. The fourth-order valence-electron chi connectivity index (χ4n) is 0.799. The normalized spacial score (nSPS) is 9.62. The Hall–Kier alpha value is -1.30. The van der Waals surface area contributed by atoms with Crippen molar-refractivity contribution in [2.75, 3.05) is 24.1 Å². The van der Waals surface area contributed by atoms with Crippen molar-refractivity contribution in [3.63, 3.8) is 0 Å². The van der Waals surface area contributed by atoms with Gasteiger partial charge in [0.25, 0.3) is 0 Å². The average Bonchev–Trinajstić information content (AvgIpc) is 2.49. The number of hydrogen-bond acceptors (Lipinski definition) is 5. The van der Waals surface area contributed by atoms with Crippen LogP contribution >= 0.6 is 11.5 Å². The van der Waals surface area contributed by atoms with E-state index < -0.39 is 0 Å². The molecule has 0 spiro atoms. The molecule has 0 fully saturated rings. The van der Waals surface area contributed by atoms with Gasteiger partial charge in [-0.15, -0.1) is 0 Å². The SMILES string of the molecule is CCNC(=O)CNc1cc(N)ns1. The van der Waals surface area contributed by atoms with Crippen LogP contribution in [0, 0.1) is 0 Å². The van der Waals surface area contributed by atoms with Crippen molar-refractivity contribution in [3.8, 4) is 0 Å². The highest BCUT2D eigenvalue weighted by molar-refractivity contribution is 7.10. The Morgan fingerprint density at radius 1 is 1.77 bits per heavy atom. The molecular formula is C7H12N4OS. The number of nitrogens with zero attached hydrogens (tertiary/aromatic N) is 1. The third kappa shape index (κ3) is 3.29. The summed E-state index contributed by atoms with van der Waals surface area (Å²) in [6, 6.07) is 1.70. The third-order valence-electron chi connectivity index (χ3n) is 1.33. The molecule has 6 heteroatoms. The summed E-state index contributed by atoms with van der Waals surface area (Å²) in [4.78, 5) is 11.0. The molecule has 1 amide bonds. The molecule has 1 aromatic rings. The first-order valence-corrected chi connectivity index (χ1v) is 4.72. The van der Waals surface area contributed by atoms with Gasteiger partial charge in [0, 0.05) is 12.6 Å². The van der Waals surface area contributed by atoms with E-state index in [0.717, 1.165) is 5.00 Å². The standard InChI is InChI=1S/C7H12N4OS/c1-2-9-6(12)4-10-7-3-5(8)11-13-7/h3,10H,2,4H2,1H3,(H2,8,11)(H,9,12). The Kier molecular flexibility index (Phi) is 3.51. The van der Waals surface area contributed by atoms with Crippen LogP contribution in [0.4, 0.5) is 10.8 Å². The molecule has 0 aliphatic carbocycles. The third-order valence-corrected chi connectivity index (χ3v) is 2.09. The molecule has 0 bridgehead atoms. The number of carbonyl (C=O) groups excluding carboxylic acids is 1. The van der Waals surface area contributed by atoms with Crippen LogP contribution in [0.1, 0.15) is 6.92 Å². The Bertz CT molecular complexity index is 286. The van der Waals surface area contributed by atoms with Gasteiger partial charge in [-0.05, 0) is 18.5 Å². The van der Waals surface area contributed by atoms with Crippen molar-refractivity contribution in [1.29, 1.82) is 0 Å². The summed E-state index contributed by atoms with van der Waals surface area (Å²) in [5, 5.41) is 6.40. The number of anilines is 2. The van der Waals surface area contributed by atoms with Crippen LogP contribution in [-0.2, 0) is 4.79 Å². The quantitative estimate of drug-likeness (QED) is 0.652. The van der Waals surface area contributed by atoms with Crippen molar-refractivity contribution in [3.05, 3.63) is 6.07 Å². The Morgan fingerprint density at radius 2 is 2.54 bits per heavy atom. The number of likely N-dealkylation sites (N-methyl/N-ethyl adjacent to an activating group) is 1. The molecule has 0 aliphatic heterocycles. The molecule has 1 rings (SSSR count). The van der Waals surface area contributed by atoms with Crippen LogP contribution in [-0.4, -0.2) is 23.4 Å². The van der Waals surface area contributed by atoms with Gasteiger partial charge >= 0.3 is 0 Å². The van der Waals surface area contributed by atoms with Gasteiger partial charge in [-0.25, -0.2) is 0 Å². The molecule has 13 heavy (non-hydrogen) atoms. The monoisotopic (exact) mass is 200 g/mol. The zero-order chi connectivity index (χ0) is 9.68. The molecule has 0 saturated heterocycles. The molecule has 0 saturated carbocycles. The van der Waals surface area contributed by atoms with E-state index in [-0.39, 0.29) is 12.5 Å². The van der Waals surface area contributed by atoms with Gasteiger partial charge in [-0.2, -0.15) is 4.37 Å². The van der Waals surface area contributed by atoms with E-state index in [1.165, 1.54) is 11.5 Å². The first kappa shape index (κ1) is 9.79. The number of nitrogens with two attached hydrogens (primary N) is 1. The molecule has 4 N–H and O–H groups in total. The van der Waals surface area contributed by atoms with E-state index in [9.17, 15) is 4.79 Å². The van der Waals surface area contributed by atoms with Crippen LogP contribution in [0.2, 0.25) is 0 Å². The number of nitrogen functional groups attached to an aromatic ring is 1. The van der Waals surface area contributed by atoms with E-state index in [0.29, 0.717) is 12.4 Å². The maximum atomic E-state index is 11.0. The van der Waals surface area contributed by atoms with Crippen molar-refractivity contribution in [2.24, 2.45) is 0 Å². The predicted octanol–water partition coefficient (Wildman–Crippen LogP) is 0.273. The highest BCUT2D eigenvalue weighted by atomic mass is 32.1. The van der Waals surface area contributed by atoms with Crippen LogP contribution in [0.15, 0.2) is 6.07 Å². The summed E-state index contributed by atoms with van der Waals surface area (Å²) in [5.74, 6) is 0.442. The fraction of sp³-hybridized carbons (Fsp3) is 0.429. The fourth-order valence-corrected chi connectivity index (χ4v) is 1.37. The van der Waals surface area contributed by atoms with Gasteiger partial charge in [0.05, 0.1) is 6.54 Å². The first-order valence-electron chi connectivity index (χ1n) is 3.95. The number of hydrogen-bond donors (Lipinski definition) is 3. The van der Waals surface area contributed by atoms with E-state index in [1.54, 1.807) is 6.07 Å². The summed E-state index contributed by atoms with van der Waals surface area (Å²) in [7, 11) is 0. The summed E-state index contributed by atoms with van der Waals surface area (Å²) in [6.07, 6.45) is 0. The van der Waals surface area contributed by atoms with Gasteiger partial charge < -0.3 is 16.4 Å². The number of nitrogens with one attached hydrogen (secondary N) is 2. The lowest BCUT2D eigenvalue weighted by Crippen LogP contribution is -2.29.